The van der Waals surface area contributed by atoms with Gasteiger partial charge >= 0.3 is 0 Å². The van der Waals surface area contributed by atoms with Gasteiger partial charge in [-0.3, -0.25) is 0 Å². The molecule has 17 heavy (non-hydrogen) atoms. The summed E-state index contributed by atoms with van der Waals surface area (Å²) in [6, 6.07) is 0. The van der Waals surface area contributed by atoms with Crippen molar-refractivity contribution in [3.8, 4) is 0 Å². The molecule has 0 aliphatic carbocycles. The average Bonchev–Trinajstić information content (AvgIpc) is 2.28. The van der Waals surface area contributed by atoms with E-state index in [1.165, 1.54) is 38.9 Å². The molecule has 1 rings (SSSR count). The van der Waals surface area contributed by atoms with Gasteiger partial charge in [0.2, 0.25) is 0 Å². The van der Waals surface area contributed by atoms with Crippen molar-refractivity contribution in [1.82, 2.24) is 4.90 Å². The first kappa shape index (κ1) is 15.0. The molecule has 0 spiro atoms. The smallest absolute Gasteiger partial charge is 0.00473 e. The van der Waals surface area contributed by atoms with Crippen molar-refractivity contribution in [2.45, 2.75) is 53.9 Å². The van der Waals surface area contributed by atoms with Gasteiger partial charge in [-0.1, -0.05) is 34.6 Å². The van der Waals surface area contributed by atoms with Gasteiger partial charge in [-0.25, -0.2) is 0 Å². The highest BCUT2D eigenvalue weighted by atomic mass is 15.1. The number of nitrogens with two attached hydrogens (primary N) is 1. The summed E-state index contributed by atoms with van der Waals surface area (Å²) in [6.45, 7) is 16.2. The van der Waals surface area contributed by atoms with Crippen LogP contribution in [-0.2, 0) is 0 Å². The second-order valence-electron chi connectivity index (χ2n) is 7.28. The molecule has 0 aromatic carbocycles. The highest BCUT2D eigenvalue weighted by Gasteiger charge is 2.31. The molecule has 2 nitrogen and oxygen atoms in total. The summed E-state index contributed by atoms with van der Waals surface area (Å²) >= 11 is 0. The van der Waals surface area contributed by atoms with Gasteiger partial charge < -0.3 is 10.6 Å². The SMILES string of the molecule is CCC(C)(CN)CN1CCC(C(C)(C)C)CC1. The van der Waals surface area contributed by atoms with Crippen LogP contribution >= 0.6 is 0 Å². The molecule has 2 N–H and O–H groups in total. The fraction of sp³-hybridized carbons (Fsp3) is 1.00. The van der Waals surface area contributed by atoms with Crippen molar-refractivity contribution in [2.75, 3.05) is 26.2 Å². The number of piperidine rings is 1. The third-order valence-corrected chi connectivity index (χ3v) is 4.76. The van der Waals surface area contributed by atoms with E-state index in [0.29, 0.717) is 10.8 Å². The Labute approximate surface area is 108 Å². The summed E-state index contributed by atoms with van der Waals surface area (Å²) in [5.74, 6) is 0.893. The van der Waals surface area contributed by atoms with E-state index >= 15 is 0 Å². The number of hydrogen-bond acceptors (Lipinski definition) is 2. The van der Waals surface area contributed by atoms with Gasteiger partial charge in [0.15, 0.2) is 0 Å². The predicted molar refractivity (Wildman–Crippen MR) is 76.1 cm³/mol. The standard InChI is InChI=1S/C15H32N2/c1-6-15(5,11-16)12-17-9-7-13(8-10-17)14(2,3)4/h13H,6-12,16H2,1-5H3. The van der Waals surface area contributed by atoms with E-state index in [1.807, 2.05) is 0 Å². The largest absolute Gasteiger partial charge is 0.330 e. The molecule has 1 saturated heterocycles. The van der Waals surface area contributed by atoms with Crippen molar-refractivity contribution in [3.63, 3.8) is 0 Å². The zero-order valence-corrected chi connectivity index (χ0v) is 12.6. The minimum atomic E-state index is 0.314. The van der Waals surface area contributed by atoms with E-state index in [0.717, 1.165) is 12.5 Å². The van der Waals surface area contributed by atoms with Crippen molar-refractivity contribution >= 4 is 0 Å². The van der Waals surface area contributed by atoms with E-state index in [2.05, 4.69) is 39.5 Å². The Morgan fingerprint density at radius 3 is 2.00 bits per heavy atom. The monoisotopic (exact) mass is 240 g/mol. The average molecular weight is 240 g/mol. The molecule has 2 heteroatoms. The van der Waals surface area contributed by atoms with Crippen LogP contribution in [0, 0.1) is 16.7 Å². The fourth-order valence-electron chi connectivity index (χ4n) is 2.82. The highest BCUT2D eigenvalue weighted by Crippen LogP contribution is 2.35. The van der Waals surface area contributed by atoms with E-state index in [-0.39, 0.29) is 0 Å². The zero-order chi connectivity index (χ0) is 13.1. The lowest BCUT2D eigenvalue weighted by Gasteiger charge is -2.42. The lowest BCUT2D eigenvalue weighted by atomic mass is 9.75. The number of hydrogen-bond donors (Lipinski definition) is 1. The number of rotatable bonds is 4. The summed E-state index contributed by atoms with van der Waals surface area (Å²) in [4.78, 5) is 2.62. The normalized spacial score (nSPS) is 23.6. The summed E-state index contributed by atoms with van der Waals surface area (Å²) in [6.07, 6.45) is 3.89. The lowest BCUT2D eigenvalue weighted by Crippen LogP contribution is -2.45. The number of nitrogens with zero attached hydrogens (tertiary/aromatic N) is 1. The molecule has 0 amide bonds. The molecule has 1 atom stereocenters. The summed E-state index contributed by atoms with van der Waals surface area (Å²) in [5.41, 5.74) is 6.70. The third kappa shape index (κ3) is 4.26. The van der Waals surface area contributed by atoms with Gasteiger partial charge in [-0.15, -0.1) is 0 Å². The molecule has 0 aromatic rings. The number of likely N-dealkylation sites (tertiary alicyclic amines) is 1. The van der Waals surface area contributed by atoms with E-state index in [4.69, 9.17) is 5.73 Å². The van der Waals surface area contributed by atoms with Crippen LogP contribution in [0.5, 0.6) is 0 Å². The Kier molecular flexibility index (Phi) is 5.03. The predicted octanol–water partition coefficient (Wildman–Crippen LogP) is 3.12. The summed E-state index contributed by atoms with van der Waals surface area (Å²) in [5, 5.41) is 0. The van der Waals surface area contributed by atoms with Crippen LogP contribution in [-0.4, -0.2) is 31.1 Å². The van der Waals surface area contributed by atoms with Gasteiger partial charge in [-0.05, 0) is 55.6 Å². The molecule has 0 saturated carbocycles. The quantitative estimate of drug-likeness (QED) is 0.818. The van der Waals surface area contributed by atoms with Crippen LogP contribution in [0.4, 0.5) is 0 Å². The van der Waals surface area contributed by atoms with Crippen molar-refractivity contribution in [2.24, 2.45) is 22.5 Å². The Balaban J connectivity index is 2.42. The molecule has 1 fully saturated rings. The maximum Gasteiger partial charge on any atom is 0.00473 e. The molecule has 1 aliphatic rings. The molecule has 1 heterocycles. The van der Waals surface area contributed by atoms with Crippen LogP contribution in [0.15, 0.2) is 0 Å². The molecule has 0 radical (unpaired) electrons. The minimum Gasteiger partial charge on any atom is -0.330 e. The topological polar surface area (TPSA) is 29.3 Å². The highest BCUT2D eigenvalue weighted by molar-refractivity contribution is 4.84. The van der Waals surface area contributed by atoms with E-state index in [9.17, 15) is 0 Å². The maximum absolute atomic E-state index is 5.90. The third-order valence-electron chi connectivity index (χ3n) is 4.76. The molecule has 1 aliphatic heterocycles. The first-order valence-electron chi connectivity index (χ1n) is 7.23. The molecule has 0 bridgehead atoms. The Bertz CT molecular complexity index is 218. The lowest BCUT2D eigenvalue weighted by molar-refractivity contribution is 0.0804. The van der Waals surface area contributed by atoms with E-state index in [1.54, 1.807) is 0 Å². The first-order chi connectivity index (χ1) is 7.80. The Morgan fingerprint density at radius 2 is 1.65 bits per heavy atom. The Hall–Kier alpha value is -0.0800. The Morgan fingerprint density at radius 1 is 1.12 bits per heavy atom. The molecular formula is C15H32N2. The van der Waals surface area contributed by atoms with Crippen molar-refractivity contribution in [1.29, 1.82) is 0 Å². The maximum atomic E-state index is 5.90. The molecular weight excluding hydrogens is 208 g/mol. The van der Waals surface area contributed by atoms with Gasteiger partial charge in [0, 0.05) is 6.54 Å². The zero-order valence-electron chi connectivity index (χ0n) is 12.6. The minimum absolute atomic E-state index is 0.314. The first-order valence-corrected chi connectivity index (χ1v) is 7.23. The second kappa shape index (κ2) is 5.71. The van der Waals surface area contributed by atoms with Gasteiger partial charge in [0.1, 0.15) is 0 Å². The van der Waals surface area contributed by atoms with Gasteiger partial charge in [0.05, 0.1) is 0 Å². The van der Waals surface area contributed by atoms with Crippen LogP contribution in [0.25, 0.3) is 0 Å². The molecule has 1 unspecified atom stereocenters. The second-order valence-corrected chi connectivity index (χ2v) is 7.28. The summed E-state index contributed by atoms with van der Waals surface area (Å²) < 4.78 is 0. The summed E-state index contributed by atoms with van der Waals surface area (Å²) in [7, 11) is 0. The van der Waals surface area contributed by atoms with Crippen LogP contribution in [0.2, 0.25) is 0 Å². The molecule has 102 valence electrons. The molecule has 0 aromatic heterocycles. The van der Waals surface area contributed by atoms with Crippen LogP contribution in [0.3, 0.4) is 0 Å². The van der Waals surface area contributed by atoms with Crippen molar-refractivity contribution < 1.29 is 0 Å². The fourth-order valence-corrected chi connectivity index (χ4v) is 2.82. The van der Waals surface area contributed by atoms with Crippen LogP contribution < -0.4 is 5.73 Å². The van der Waals surface area contributed by atoms with Gasteiger partial charge in [0.25, 0.3) is 0 Å². The van der Waals surface area contributed by atoms with Crippen LogP contribution in [0.1, 0.15) is 53.9 Å². The van der Waals surface area contributed by atoms with Gasteiger partial charge in [-0.2, -0.15) is 0 Å². The van der Waals surface area contributed by atoms with E-state index < -0.39 is 0 Å². The van der Waals surface area contributed by atoms with Crippen molar-refractivity contribution in [3.05, 3.63) is 0 Å².